The van der Waals surface area contributed by atoms with Crippen molar-refractivity contribution < 1.29 is 9.15 Å². The molecule has 1 aliphatic rings. The molecule has 140 valence electrons. The van der Waals surface area contributed by atoms with Crippen molar-refractivity contribution >= 4 is 11.1 Å². The van der Waals surface area contributed by atoms with Gasteiger partial charge in [0.15, 0.2) is 0 Å². The van der Waals surface area contributed by atoms with Gasteiger partial charge in [-0.25, -0.2) is 9.97 Å². The Morgan fingerprint density at radius 2 is 1.71 bits per heavy atom. The number of ether oxygens (including phenoxy) is 1. The highest BCUT2D eigenvalue weighted by Gasteiger charge is 2.34. The van der Waals surface area contributed by atoms with Crippen molar-refractivity contribution in [3.05, 3.63) is 66.5 Å². The van der Waals surface area contributed by atoms with Gasteiger partial charge in [-0.3, -0.25) is 0 Å². The highest BCUT2D eigenvalue weighted by atomic mass is 16.5. The number of hydrogen-bond acceptors (Lipinski definition) is 5. The van der Waals surface area contributed by atoms with Crippen LogP contribution >= 0.6 is 0 Å². The van der Waals surface area contributed by atoms with Crippen molar-refractivity contribution in [1.82, 2.24) is 9.97 Å². The molecule has 0 aliphatic heterocycles. The zero-order valence-electron chi connectivity index (χ0n) is 15.7. The average Bonchev–Trinajstić information content (AvgIpc) is 3.12. The van der Waals surface area contributed by atoms with Crippen LogP contribution < -0.4 is 10.5 Å². The second-order valence-electron chi connectivity index (χ2n) is 7.32. The van der Waals surface area contributed by atoms with Crippen molar-refractivity contribution in [3.8, 4) is 28.3 Å². The lowest BCUT2D eigenvalue weighted by Gasteiger charge is -2.38. The molecule has 0 amide bonds. The van der Waals surface area contributed by atoms with Gasteiger partial charge in [0.1, 0.15) is 17.5 Å². The molecule has 5 heteroatoms. The lowest BCUT2D eigenvalue weighted by atomic mass is 9.72. The maximum absolute atomic E-state index is 6.47. The predicted molar refractivity (Wildman–Crippen MR) is 109 cm³/mol. The Balaban J connectivity index is 1.71. The van der Waals surface area contributed by atoms with E-state index in [2.05, 4.69) is 46.4 Å². The normalized spacial score (nSPS) is 15.4. The number of furan rings is 1. The first-order valence-electron chi connectivity index (χ1n) is 9.46. The Hall–Kier alpha value is -3.18. The van der Waals surface area contributed by atoms with E-state index in [9.17, 15) is 0 Å². The van der Waals surface area contributed by atoms with E-state index in [0.717, 1.165) is 40.7 Å². The van der Waals surface area contributed by atoms with Crippen LogP contribution in [-0.4, -0.2) is 17.1 Å². The summed E-state index contributed by atoms with van der Waals surface area (Å²) in [6.45, 7) is 0. The molecule has 2 N–H and O–H groups in total. The molecule has 2 aromatic carbocycles. The van der Waals surface area contributed by atoms with Gasteiger partial charge in [0, 0.05) is 16.7 Å². The summed E-state index contributed by atoms with van der Waals surface area (Å²) in [7, 11) is 1.61. The first-order valence-corrected chi connectivity index (χ1v) is 9.46. The lowest BCUT2D eigenvalue weighted by Crippen LogP contribution is -2.43. The van der Waals surface area contributed by atoms with Gasteiger partial charge >= 0.3 is 0 Å². The number of benzene rings is 2. The van der Waals surface area contributed by atoms with Crippen LogP contribution in [0.25, 0.3) is 33.6 Å². The van der Waals surface area contributed by atoms with Crippen LogP contribution in [0.1, 0.15) is 24.8 Å². The second-order valence-corrected chi connectivity index (χ2v) is 7.32. The molecule has 28 heavy (non-hydrogen) atoms. The summed E-state index contributed by atoms with van der Waals surface area (Å²) < 4.78 is 11.7. The van der Waals surface area contributed by atoms with Gasteiger partial charge < -0.3 is 14.9 Å². The van der Waals surface area contributed by atoms with E-state index in [4.69, 9.17) is 14.9 Å². The molecule has 5 nitrogen and oxygen atoms in total. The van der Waals surface area contributed by atoms with Gasteiger partial charge in [-0.2, -0.15) is 0 Å². The first kappa shape index (κ1) is 17.0. The molecule has 2 heterocycles. The molecular formula is C23H21N3O2. The third-order valence-corrected chi connectivity index (χ3v) is 5.68. The van der Waals surface area contributed by atoms with Gasteiger partial charge in [-0.05, 0) is 30.4 Å². The number of rotatable bonds is 4. The van der Waals surface area contributed by atoms with Crippen LogP contribution in [0.3, 0.4) is 0 Å². The number of methoxy groups -OCH3 is 1. The first-order chi connectivity index (χ1) is 13.7. The van der Waals surface area contributed by atoms with Crippen LogP contribution in [0, 0.1) is 0 Å². The van der Waals surface area contributed by atoms with Crippen molar-refractivity contribution in [2.45, 2.75) is 24.8 Å². The monoisotopic (exact) mass is 371 g/mol. The van der Waals surface area contributed by atoms with Gasteiger partial charge in [-0.1, -0.05) is 54.6 Å². The Bertz CT molecular complexity index is 1130. The Morgan fingerprint density at radius 3 is 2.36 bits per heavy atom. The van der Waals surface area contributed by atoms with E-state index in [1.165, 1.54) is 18.3 Å². The fourth-order valence-electron chi connectivity index (χ4n) is 3.94. The molecule has 0 bridgehead atoms. The van der Waals surface area contributed by atoms with Crippen molar-refractivity contribution in [2.75, 3.05) is 7.11 Å². The van der Waals surface area contributed by atoms with Gasteiger partial charge in [0.2, 0.25) is 11.6 Å². The highest BCUT2D eigenvalue weighted by Crippen LogP contribution is 2.44. The largest absolute Gasteiger partial charge is 0.480 e. The predicted octanol–water partition coefficient (Wildman–Crippen LogP) is 4.90. The van der Waals surface area contributed by atoms with Crippen LogP contribution in [0.15, 0.2) is 65.3 Å². The Morgan fingerprint density at radius 1 is 0.964 bits per heavy atom. The third-order valence-electron chi connectivity index (χ3n) is 5.68. The third kappa shape index (κ3) is 2.59. The van der Waals surface area contributed by atoms with Crippen LogP contribution in [0.5, 0.6) is 5.88 Å². The summed E-state index contributed by atoms with van der Waals surface area (Å²) in [5, 5.41) is 0.782. The second kappa shape index (κ2) is 6.46. The molecule has 4 aromatic rings. The topological polar surface area (TPSA) is 74.2 Å². The summed E-state index contributed by atoms with van der Waals surface area (Å²) in [6, 6.07) is 18.5. The fourth-order valence-corrected chi connectivity index (χ4v) is 3.94. The van der Waals surface area contributed by atoms with E-state index < -0.39 is 0 Å². The van der Waals surface area contributed by atoms with Crippen molar-refractivity contribution in [3.63, 3.8) is 0 Å². The van der Waals surface area contributed by atoms with Gasteiger partial charge in [0.05, 0.1) is 7.11 Å². The summed E-state index contributed by atoms with van der Waals surface area (Å²) in [6.07, 6.45) is 4.73. The molecule has 5 rings (SSSR count). The molecule has 0 unspecified atom stereocenters. The van der Waals surface area contributed by atoms with Crippen molar-refractivity contribution in [2.24, 2.45) is 5.73 Å². The number of aromatic nitrogens is 2. The molecule has 0 atom stereocenters. The van der Waals surface area contributed by atoms with Gasteiger partial charge in [0.25, 0.3) is 0 Å². The van der Waals surface area contributed by atoms with E-state index in [1.807, 2.05) is 18.2 Å². The number of fused-ring (bicyclic) bond motifs is 1. The molecular weight excluding hydrogens is 350 g/mol. The standard InChI is InChI=1S/C23H21N3O2/c1-27-21-19-18(15-6-3-2-4-7-15)20(28-22(19)26-14-25-21)16-8-10-17(11-9-16)23(24)12-5-13-23/h2-4,6-11,14H,5,12-13,24H2,1H3. The molecule has 1 fully saturated rings. The Labute approximate surface area is 163 Å². The summed E-state index contributed by atoms with van der Waals surface area (Å²) in [5.74, 6) is 1.26. The lowest BCUT2D eigenvalue weighted by molar-refractivity contribution is 0.253. The minimum atomic E-state index is -0.177. The van der Waals surface area contributed by atoms with E-state index >= 15 is 0 Å². The van der Waals surface area contributed by atoms with Crippen LogP contribution in [0.4, 0.5) is 0 Å². The SMILES string of the molecule is COc1ncnc2oc(-c3ccc(C4(N)CCC4)cc3)c(-c3ccccc3)c12. The molecule has 0 radical (unpaired) electrons. The van der Waals surface area contributed by atoms with E-state index in [-0.39, 0.29) is 5.54 Å². The maximum atomic E-state index is 6.47. The smallest absolute Gasteiger partial charge is 0.234 e. The Kier molecular flexibility index (Phi) is 3.91. The number of hydrogen-bond donors (Lipinski definition) is 1. The maximum Gasteiger partial charge on any atom is 0.234 e. The summed E-state index contributed by atoms with van der Waals surface area (Å²) in [5.41, 5.74) is 10.9. The zero-order chi connectivity index (χ0) is 19.1. The molecule has 0 spiro atoms. The number of nitrogens with zero attached hydrogens (tertiary/aromatic N) is 2. The quantitative estimate of drug-likeness (QED) is 0.552. The van der Waals surface area contributed by atoms with Crippen LogP contribution in [-0.2, 0) is 5.54 Å². The van der Waals surface area contributed by atoms with Gasteiger partial charge in [-0.15, -0.1) is 0 Å². The minimum Gasteiger partial charge on any atom is -0.480 e. The fraction of sp³-hybridized carbons (Fsp3) is 0.217. The van der Waals surface area contributed by atoms with E-state index in [1.54, 1.807) is 7.11 Å². The number of nitrogens with two attached hydrogens (primary N) is 1. The minimum absolute atomic E-state index is 0.177. The van der Waals surface area contributed by atoms with E-state index in [0.29, 0.717) is 11.6 Å². The molecule has 1 saturated carbocycles. The molecule has 1 aliphatic carbocycles. The average molecular weight is 371 g/mol. The van der Waals surface area contributed by atoms with Crippen LogP contribution in [0.2, 0.25) is 0 Å². The summed E-state index contributed by atoms with van der Waals surface area (Å²) in [4.78, 5) is 8.60. The molecule has 2 aromatic heterocycles. The highest BCUT2D eigenvalue weighted by molar-refractivity contribution is 6.03. The summed E-state index contributed by atoms with van der Waals surface area (Å²) >= 11 is 0. The van der Waals surface area contributed by atoms with Crippen molar-refractivity contribution in [1.29, 1.82) is 0 Å². The molecule has 0 saturated heterocycles. The zero-order valence-corrected chi connectivity index (χ0v) is 15.7.